The average Bonchev–Trinajstić information content (AvgIpc) is 3.19. The van der Waals surface area contributed by atoms with Crippen molar-refractivity contribution in [2.75, 3.05) is 0 Å². The van der Waals surface area contributed by atoms with E-state index in [0.717, 1.165) is 33.4 Å². The molecule has 0 aliphatic carbocycles. The number of benzene rings is 6. The van der Waals surface area contributed by atoms with Crippen LogP contribution in [0, 0.1) is 13.8 Å². The quantitative estimate of drug-likeness (QED) is 0.123. The summed E-state index contributed by atoms with van der Waals surface area (Å²) in [7, 11) is 0. The number of aryl methyl sites for hydroxylation is 2. The Morgan fingerprint density at radius 2 is 0.808 bits per heavy atom. The Kier molecular flexibility index (Phi) is 8.55. The number of aromatic nitrogens is 2. The summed E-state index contributed by atoms with van der Waals surface area (Å²) in [5, 5.41) is 1.29. The molecular weight excluding hydrogens is 645 g/mol. The summed E-state index contributed by atoms with van der Waals surface area (Å²) in [6.07, 6.45) is 0. The molecule has 0 spiro atoms. The summed E-state index contributed by atoms with van der Waals surface area (Å²) in [6.45, 7) is 3.97. The van der Waals surface area contributed by atoms with Gasteiger partial charge in [0.05, 0.1) is 33.5 Å². The molecule has 0 saturated heterocycles. The van der Waals surface area contributed by atoms with Crippen molar-refractivity contribution in [2.24, 2.45) is 0 Å². The van der Waals surface area contributed by atoms with Crippen LogP contribution < -0.4 is 9.47 Å². The van der Waals surface area contributed by atoms with Gasteiger partial charge in [0.25, 0.3) is 0 Å². The zero-order chi connectivity index (χ0) is 35.6. The second kappa shape index (κ2) is 13.8. The van der Waals surface area contributed by atoms with Crippen LogP contribution in [-0.2, 0) is 0 Å². The Morgan fingerprint density at radius 1 is 0.423 bits per heavy atom. The summed E-state index contributed by atoms with van der Waals surface area (Å²) in [6, 6.07) is 49.5. The van der Waals surface area contributed by atoms with Crippen LogP contribution in [0.4, 0.5) is 0 Å². The maximum absolute atomic E-state index is 13.8. The zero-order valence-electron chi connectivity index (χ0n) is 28.5. The molecule has 0 N–H and O–H groups in total. The van der Waals surface area contributed by atoms with E-state index in [0.29, 0.717) is 55.8 Å². The summed E-state index contributed by atoms with van der Waals surface area (Å²) in [5.74, 6) is -0.0504. The van der Waals surface area contributed by atoms with Crippen LogP contribution in [0.5, 0.6) is 11.5 Å². The molecule has 2 heterocycles. The van der Waals surface area contributed by atoms with Gasteiger partial charge in [0.1, 0.15) is 11.5 Å². The fourth-order valence-electron chi connectivity index (χ4n) is 6.20. The monoisotopic (exact) mass is 676 g/mol. The molecule has 0 aliphatic rings. The standard InChI is InChI=1S/C46H32N2O4/c1-29-13-19-35(20-14-29)51-45(49)39-27-43(31-9-5-3-6-10-31)47-41-23-17-33(25-37(39)41)34-18-24-42-38(26-34)40(28-44(48-42)32-11-7-4-8-12-32)46(50)52-36-21-15-30(2)16-22-36/h3-28H,1-2H3. The van der Waals surface area contributed by atoms with E-state index < -0.39 is 11.9 Å². The maximum Gasteiger partial charge on any atom is 0.344 e. The van der Waals surface area contributed by atoms with Crippen molar-refractivity contribution in [1.82, 2.24) is 9.97 Å². The fourth-order valence-corrected chi connectivity index (χ4v) is 6.20. The summed E-state index contributed by atoms with van der Waals surface area (Å²) >= 11 is 0. The number of ether oxygens (including phenoxy) is 2. The number of hydrogen-bond acceptors (Lipinski definition) is 6. The highest BCUT2D eigenvalue weighted by Gasteiger charge is 2.20. The first-order chi connectivity index (χ1) is 25.4. The molecule has 6 nitrogen and oxygen atoms in total. The molecule has 250 valence electrons. The highest BCUT2D eigenvalue weighted by Crippen LogP contribution is 2.34. The lowest BCUT2D eigenvalue weighted by Gasteiger charge is -2.13. The molecule has 0 aliphatic heterocycles. The molecule has 0 saturated carbocycles. The molecule has 8 rings (SSSR count). The van der Waals surface area contributed by atoms with Gasteiger partial charge in [-0.15, -0.1) is 0 Å². The predicted molar refractivity (Wildman–Crippen MR) is 206 cm³/mol. The number of esters is 2. The highest BCUT2D eigenvalue weighted by atomic mass is 16.5. The second-order valence-electron chi connectivity index (χ2n) is 12.7. The number of fused-ring (bicyclic) bond motifs is 2. The molecule has 52 heavy (non-hydrogen) atoms. The molecule has 6 aromatic carbocycles. The van der Waals surface area contributed by atoms with Gasteiger partial charge in [0, 0.05) is 21.9 Å². The van der Waals surface area contributed by atoms with Crippen molar-refractivity contribution in [3.63, 3.8) is 0 Å². The number of carbonyl (C=O) groups excluding carboxylic acids is 2. The van der Waals surface area contributed by atoms with Gasteiger partial charge in [-0.05, 0) is 85.6 Å². The Balaban J connectivity index is 1.25. The van der Waals surface area contributed by atoms with E-state index in [2.05, 4.69) is 0 Å². The van der Waals surface area contributed by atoms with E-state index in [1.165, 1.54) is 0 Å². The van der Waals surface area contributed by atoms with Crippen molar-refractivity contribution in [1.29, 1.82) is 0 Å². The minimum Gasteiger partial charge on any atom is -0.423 e. The van der Waals surface area contributed by atoms with E-state index in [1.54, 1.807) is 36.4 Å². The molecule has 0 radical (unpaired) electrons. The average molecular weight is 677 g/mol. The van der Waals surface area contributed by atoms with Gasteiger partial charge in [0.15, 0.2) is 0 Å². The third-order valence-corrected chi connectivity index (χ3v) is 8.99. The van der Waals surface area contributed by atoms with Crippen molar-refractivity contribution in [2.45, 2.75) is 13.8 Å². The lowest BCUT2D eigenvalue weighted by Crippen LogP contribution is -2.10. The molecule has 0 fully saturated rings. The molecular formula is C46H32N2O4. The van der Waals surface area contributed by atoms with E-state index >= 15 is 0 Å². The third-order valence-electron chi connectivity index (χ3n) is 8.99. The molecule has 0 unspecified atom stereocenters. The van der Waals surface area contributed by atoms with Crippen LogP contribution in [0.1, 0.15) is 31.8 Å². The van der Waals surface area contributed by atoms with Crippen LogP contribution >= 0.6 is 0 Å². The summed E-state index contributed by atoms with van der Waals surface area (Å²) in [5.41, 5.74) is 9.00. The first-order valence-corrected chi connectivity index (χ1v) is 17.0. The van der Waals surface area contributed by atoms with Crippen LogP contribution in [0.2, 0.25) is 0 Å². The molecule has 6 heteroatoms. The highest BCUT2D eigenvalue weighted by molar-refractivity contribution is 6.08. The second-order valence-corrected chi connectivity index (χ2v) is 12.7. The van der Waals surface area contributed by atoms with Gasteiger partial charge >= 0.3 is 11.9 Å². The van der Waals surface area contributed by atoms with Crippen LogP contribution in [-0.4, -0.2) is 21.9 Å². The Hall–Kier alpha value is -6.92. The molecule has 0 amide bonds. The SMILES string of the molecule is Cc1ccc(OC(=O)c2cc(-c3ccccc3)nc3ccc(-c4ccc5nc(-c6ccccc6)cc(C(=O)Oc6ccc(C)cc6)c5c4)cc23)cc1. The third kappa shape index (κ3) is 6.65. The van der Waals surface area contributed by atoms with Gasteiger partial charge < -0.3 is 9.47 Å². The number of rotatable bonds is 7. The molecule has 0 atom stereocenters. The Bertz CT molecular complexity index is 2420. The van der Waals surface area contributed by atoms with Crippen LogP contribution in [0.25, 0.3) is 55.4 Å². The summed E-state index contributed by atoms with van der Waals surface area (Å²) in [4.78, 5) is 37.6. The lowest BCUT2D eigenvalue weighted by molar-refractivity contribution is 0.0727. The molecule has 2 aromatic heterocycles. The number of pyridine rings is 2. The van der Waals surface area contributed by atoms with E-state index in [9.17, 15) is 9.59 Å². The van der Waals surface area contributed by atoms with E-state index in [4.69, 9.17) is 19.4 Å². The first kappa shape index (κ1) is 32.3. The van der Waals surface area contributed by atoms with Crippen molar-refractivity contribution >= 4 is 33.7 Å². The largest absolute Gasteiger partial charge is 0.423 e. The minimum absolute atomic E-state index is 0.392. The van der Waals surface area contributed by atoms with Crippen molar-refractivity contribution in [3.05, 3.63) is 180 Å². The van der Waals surface area contributed by atoms with Gasteiger partial charge in [-0.1, -0.05) is 108 Å². The normalized spacial score (nSPS) is 11.0. The van der Waals surface area contributed by atoms with Gasteiger partial charge in [0.2, 0.25) is 0 Å². The Labute approximate surface area is 301 Å². The van der Waals surface area contributed by atoms with Crippen LogP contribution in [0.15, 0.2) is 158 Å². The fraction of sp³-hybridized carbons (Fsp3) is 0.0435. The number of nitrogens with zero attached hydrogens (tertiary/aromatic N) is 2. The Morgan fingerprint density at radius 3 is 1.19 bits per heavy atom. The zero-order valence-corrected chi connectivity index (χ0v) is 28.5. The summed E-state index contributed by atoms with van der Waals surface area (Å²) < 4.78 is 11.8. The lowest BCUT2D eigenvalue weighted by atomic mass is 9.96. The smallest absolute Gasteiger partial charge is 0.344 e. The molecule has 8 aromatic rings. The van der Waals surface area contributed by atoms with E-state index in [-0.39, 0.29) is 0 Å². The first-order valence-electron chi connectivity index (χ1n) is 17.0. The van der Waals surface area contributed by atoms with Crippen molar-refractivity contribution < 1.29 is 19.1 Å². The predicted octanol–water partition coefficient (Wildman–Crippen LogP) is 10.8. The number of hydrogen-bond donors (Lipinski definition) is 0. The number of carbonyl (C=O) groups is 2. The minimum atomic E-state index is -0.483. The van der Waals surface area contributed by atoms with Crippen molar-refractivity contribution in [3.8, 4) is 45.1 Å². The van der Waals surface area contributed by atoms with Gasteiger partial charge in [-0.3, -0.25) is 0 Å². The van der Waals surface area contributed by atoms with E-state index in [1.807, 2.05) is 135 Å². The maximum atomic E-state index is 13.8. The van der Waals surface area contributed by atoms with Gasteiger partial charge in [-0.25, -0.2) is 19.6 Å². The van der Waals surface area contributed by atoms with Crippen LogP contribution in [0.3, 0.4) is 0 Å². The molecule has 0 bridgehead atoms. The topological polar surface area (TPSA) is 78.4 Å². The van der Waals surface area contributed by atoms with Gasteiger partial charge in [-0.2, -0.15) is 0 Å².